The number of nitrogens with one attached hydrogen (secondary N) is 2. The number of terminal acetylenes is 1. The number of nitrogens with zero attached hydrogens (tertiary/aromatic N) is 1. The van der Waals surface area contributed by atoms with Gasteiger partial charge in [0.2, 0.25) is 0 Å². The molecule has 3 fully saturated rings. The Labute approximate surface area is 154 Å². The van der Waals surface area contributed by atoms with Gasteiger partial charge in [-0.25, -0.2) is 4.79 Å². The van der Waals surface area contributed by atoms with Crippen LogP contribution in [-0.4, -0.2) is 48.8 Å². The lowest BCUT2D eigenvalue weighted by molar-refractivity contribution is 0.0248. The van der Waals surface area contributed by atoms with Gasteiger partial charge in [-0.1, -0.05) is 6.07 Å². The standard InChI is InChI=1S/C19H23N3O2S/c1-3-13-12-22-8-7-14(13)10-17(22)11-20-19(25)21-16-6-4-5-15(9-16)18(23)24-2/h1,4-6,9,13-14,17H,7-8,10-12H2,2H3,(H2,20,21,25)/t13-,14+,17+/m0/s1. The molecule has 25 heavy (non-hydrogen) atoms. The Morgan fingerprint density at radius 1 is 1.52 bits per heavy atom. The molecule has 5 nitrogen and oxygen atoms in total. The lowest BCUT2D eigenvalue weighted by Gasteiger charge is -2.48. The number of piperidine rings is 3. The van der Waals surface area contributed by atoms with Crippen molar-refractivity contribution in [2.45, 2.75) is 18.9 Å². The minimum Gasteiger partial charge on any atom is -0.465 e. The van der Waals surface area contributed by atoms with Gasteiger partial charge in [0.25, 0.3) is 0 Å². The van der Waals surface area contributed by atoms with E-state index >= 15 is 0 Å². The average Bonchev–Trinajstić information content (AvgIpc) is 2.66. The molecule has 0 aromatic heterocycles. The number of esters is 1. The maximum Gasteiger partial charge on any atom is 0.337 e. The fraction of sp³-hybridized carbons (Fsp3) is 0.474. The van der Waals surface area contributed by atoms with Gasteiger partial charge < -0.3 is 15.4 Å². The van der Waals surface area contributed by atoms with Gasteiger partial charge >= 0.3 is 5.97 Å². The summed E-state index contributed by atoms with van der Waals surface area (Å²) in [5, 5.41) is 6.97. The number of anilines is 1. The first-order valence-corrected chi connectivity index (χ1v) is 8.95. The Kier molecular flexibility index (Phi) is 5.57. The molecule has 3 aliphatic rings. The monoisotopic (exact) mass is 357 g/mol. The van der Waals surface area contributed by atoms with E-state index in [1.165, 1.54) is 13.5 Å². The first-order chi connectivity index (χ1) is 12.1. The molecule has 3 heterocycles. The zero-order chi connectivity index (χ0) is 17.8. The van der Waals surface area contributed by atoms with Crippen LogP contribution in [-0.2, 0) is 4.74 Å². The molecular weight excluding hydrogens is 334 g/mol. The molecule has 0 spiro atoms. The number of hydrogen-bond donors (Lipinski definition) is 2. The first-order valence-electron chi connectivity index (χ1n) is 8.54. The lowest BCUT2D eigenvalue weighted by atomic mass is 9.76. The van der Waals surface area contributed by atoms with E-state index in [0.29, 0.717) is 28.6 Å². The summed E-state index contributed by atoms with van der Waals surface area (Å²) in [4.78, 5) is 14.1. The smallest absolute Gasteiger partial charge is 0.337 e. The maximum absolute atomic E-state index is 11.6. The van der Waals surface area contributed by atoms with E-state index in [1.807, 2.05) is 6.07 Å². The van der Waals surface area contributed by atoms with Crippen LogP contribution < -0.4 is 10.6 Å². The number of thiocarbonyl (C=S) groups is 1. The van der Waals surface area contributed by atoms with Crippen LogP contribution >= 0.6 is 12.2 Å². The summed E-state index contributed by atoms with van der Waals surface area (Å²) in [6, 6.07) is 7.57. The third-order valence-electron chi connectivity index (χ3n) is 5.13. The molecule has 4 rings (SSSR count). The molecule has 0 radical (unpaired) electrons. The third-order valence-corrected chi connectivity index (χ3v) is 5.38. The van der Waals surface area contributed by atoms with Crippen LogP contribution in [0.15, 0.2) is 24.3 Å². The van der Waals surface area contributed by atoms with Crippen LogP contribution in [0, 0.1) is 24.2 Å². The summed E-state index contributed by atoms with van der Waals surface area (Å²) in [7, 11) is 1.37. The van der Waals surface area contributed by atoms with E-state index in [1.54, 1.807) is 18.2 Å². The SMILES string of the molecule is C#C[C@H]1CN2CC[C@@H]1C[C@@H]2CNC(=S)Nc1cccc(C(=O)OC)c1. The van der Waals surface area contributed by atoms with E-state index in [2.05, 4.69) is 21.5 Å². The highest BCUT2D eigenvalue weighted by molar-refractivity contribution is 7.80. The largest absolute Gasteiger partial charge is 0.465 e. The van der Waals surface area contributed by atoms with Gasteiger partial charge in [-0.05, 0) is 55.7 Å². The van der Waals surface area contributed by atoms with Crippen LogP contribution in [0.2, 0.25) is 0 Å². The molecule has 1 aromatic rings. The summed E-state index contributed by atoms with van der Waals surface area (Å²) in [5.41, 5.74) is 1.25. The number of hydrogen-bond acceptors (Lipinski definition) is 4. The Morgan fingerprint density at radius 3 is 3.04 bits per heavy atom. The second-order valence-electron chi connectivity index (χ2n) is 6.61. The highest BCUT2D eigenvalue weighted by Gasteiger charge is 2.39. The van der Waals surface area contributed by atoms with Crippen molar-refractivity contribution in [3.05, 3.63) is 29.8 Å². The predicted molar refractivity (Wildman–Crippen MR) is 102 cm³/mol. The molecule has 1 unspecified atom stereocenters. The normalized spacial score (nSPS) is 27.2. The number of carbonyl (C=O) groups is 1. The molecule has 0 saturated carbocycles. The van der Waals surface area contributed by atoms with Crippen LogP contribution in [0.3, 0.4) is 0 Å². The van der Waals surface area contributed by atoms with Crippen molar-refractivity contribution < 1.29 is 9.53 Å². The molecular formula is C19H23N3O2S. The van der Waals surface area contributed by atoms with E-state index in [-0.39, 0.29) is 5.97 Å². The fourth-order valence-corrected chi connectivity index (χ4v) is 3.97. The van der Waals surface area contributed by atoms with Crippen molar-refractivity contribution in [1.29, 1.82) is 0 Å². The van der Waals surface area contributed by atoms with Crippen molar-refractivity contribution in [3.63, 3.8) is 0 Å². The van der Waals surface area contributed by atoms with Gasteiger partial charge in [-0.2, -0.15) is 0 Å². The van der Waals surface area contributed by atoms with Crippen LogP contribution in [0.25, 0.3) is 0 Å². The number of benzene rings is 1. The predicted octanol–water partition coefficient (Wildman–Crippen LogP) is 2.10. The topological polar surface area (TPSA) is 53.6 Å². The first kappa shape index (κ1) is 17.7. The molecule has 2 bridgehead atoms. The minimum absolute atomic E-state index is 0.364. The molecule has 2 N–H and O–H groups in total. The number of methoxy groups -OCH3 is 1. The van der Waals surface area contributed by atoms with Crippen molar-refractivity contribution >= 4 is 29.0 Å². The Balaban J connectivity index is 1.51. The zero-order valence-corrected chi connectivity index (χ0v) is 15.1. The van der Waals surface area contributed by atoms with Gasteiger partial charge in [0.15, 0.2) is 5.11 Å². The average molecular weight is 357 g/mol. The fourth-order valence-electron chi connectivity index (χ4n) is 3.77. The quantitative estimate of drug-likeness (QED) is 0.489. The van der Waals surface area contributed by atoms with E-state index < -0.39 is 0 Å². The Morgan fingerprint density at radius 2 is 2.36 bits per heavy atom. The molecule has 132 valence electrons. The van der Waals surface area contributed by atoms with Gasteiger partial charge in [0, 0.05) is 30.7 Å². The summed E-state index contributed by atoms with van der Waals surface area (Å²) < 4.78 is 4.73. The molecule has 4 atom stereocenters. The molecule has 3 saturated heterocycles. The second-order valence-corrected chi connectivity index (χ2v) is 7.02. The molecule has 6 heteroatoms. The molecule has 1 aromatic carbocycles. The van der Waals surface area contributed by atoms with Crippen molar-refractivity contribution in [2.75, 3.05) is 32.1 Å². The summed E-state index contributed by atoms with van der Waals surface area (Å²) >= 11 is 5.38. The number of ether oxygens (including phenoxy) is 1. The Bertz CT molecular complexity index is 700. The van der Waals surface area contributed by atoms with Crippen LogP contribution in [0.1, 0.15) is 23.2 Å². The summed E-state index contributed by atoms with van der Waals surface area (Å²) in [5.74, 6) is 3.61. The third kappa shape index (κ3) is 4.12. The minimum atomic E-state index is -0.364. The summed E-state index contributed by atoms with van der Waals surface area (Å²) in [6.45, 7) is 2.92. The van der Waals surface area contributed by atoms with E-state index in [0.717, 1.165) is 31.7 Å². The van der Waals surface area contributed by atoms with Gasteiger partial charge in [-0.15, -0.1) is 12.3 Å². The number of fused-ring (bicyclic) bond motifs is 3. The van der Waals surface area contributed by atoms with Gasteiger partial charge in [0.05, 0.1) is 12.7 Å². The van der Waals surface area contributed by atoms with Crippen LogP contribution in [0.5, 0.6) is 0 Å². The zero-order valence-electron chi connectivity index (χ0n) is 14.3. The molecule has 0 aliphatic carbocycles. The number of carbonyl (C=O) groups excluding carboxylic acids is 1. The van der Waals surface area contributed by atoms with E-state index in [9.17, 15) is 4.79 Å². The van der Waals surface area contributed by atoms with Crippen molar-refractivity contribution in [1.82, 2.24) is 10.2 Å². The van der Waals surface area contributed by atoms with E-state index in [4.69, 9.17) is 23.4 Å². The van der Waals surface area contributed by atoms with Gasteiger partial charge in [-0.3, -0.25) is 4.90 Å². The van der Waals surface area contributed by atoms with Gasteiger partial charge in [0.1, 0.15) is 0 Å². The maximum atomic E-state index is 11.6. The molecule has 3 aliphatic heterocycles. The van der Waals surface area contributed by atoms with Crippen molar-refractivity contribution in [3.8, 4) is 12.3 Å². The Hall–Kier alpha value is -2.10. The number of rotatable bonds is 4. The molecule has 0 amide bonds. The highest BCUT2D eigenvalue weighted by atomic mass is 32.1. The van der Waals surface area contributed by atoms with Crippen molar-refractivity contribution in [2.24, 2.45) is 11.8 Å². The lowest BCUT2D eigenvalue weighted by Crippen LogP contribution is -2.56. The highest BCUT2D eigenvalue weighted by Crippen LogP contribution is 2.35. The summed E-state index contributed by atoms with van der Waals surface area (Å²) in [6.07, 6.45) is 7.96. The second kappa shape index (κ2) is 7.85. The van der Waals surface area contributed by atoms with Crippen LogP contribution in [0.4, 0.5) is 5.69 Å².